The van der Waals surface area contributed by atoms with Crippen LogP contribution in [0.3, 0.4) is 0 Å². The van der Waals surface area contributed by atoms with E-state index in [9.17, 15) is 14.7 Å². The van der Waals surface area contributed by atoms with Crippen molar-refractivity contribution in [3.05, 3.63) is 124 Å². The molecule has 0 fully saturated rings. The predicted octanol–water partition coefficient (Wildman–Crippen LogP) is 7.12. The number of amides is 1. The van der Waals surface area contributed by atoms with Crippen molar-refractivity contribution in [3.63, 3.8) is 0 Å². The maximum Gasteiger partial charge on any atom is 0.336 e. The highest BCUT2D eigenvalue weighted by Gasteiger charge is 2.15. The normalized spacial score (nSPS) is 11.2. The number of hydrogen-bond donors (Lipinski definition) is 2. The number of fused-ring (bicyclic) bond motifs is 1. The number of pyridine rings is 1. The summed E-state index contributed by atoms with van der Waals surface area (Å²) in [6.45, 7) is 9.52. The van der Waals surface area contributed by atoms with Gasteiger partial charge in [0, 0.05) is 47.1 Å². The molecular weight excluding hydrogens is 498 g/mol. The molecule has 0 bridgehead atoms. The predicted molar refractivity (Wildman–Crippen MR) is 159 cm³/mol. The van der Waals surface area contributed by atoms with Gasteiger partial charge in [0.1, 0.15) is 0 Å². The minimum Gasteiger partial charge on any atom is -0.478 e. The second kappa shape index (κ2) is 11.2. The molecule has 2 heterocycles. The number of carbonyl (C=O) groups excluding carboxylic acids is 1. The Labute approximate surface area is 234 Å². The molecule has 40 heavy (non-hydrogen) atoms. The third kappa shape index (κ3) is 5.38. The van der Waals surface area contributed by atoms with E-state index in [0.717, 1.165) is 44.5 Å². The lowest BCUT2D eigenvalue weighted by Gasteiger charge is -2.11. The number of aromatic nitrogens is 2. The molecule has 0 atom stereocenters. The highest BCUT2D eigenvalue weighted by atomic mass is 16.4. The van der Waals surface area contributed by atoms with E-state index in [-0.39, 0.29) is 5.91 Å². The molecule has 0 aliphatic rings. The summed E-state index contributed by atoms with van der Waals surface area (Å²) in [5.74, 6) is -0.706. The molecule has 6 nitrogen and oxygen atoms in total. The molecule has 0 saturated heterocycles. The van der Waals surface area contributed by atoms with Crippen molar-refractivity contribution in [1.29, 1.82) is 0 Å². The van der Waals surface area contributed by atoms with Crippen LogP contribution in [0.2, 0.25) is 0 Å². The first-order chi connectivity index (χ1) is 19.2. The monoisotopic (exact) mass is 531 g/mol. The lowest BCUT2D eigenvalue weighted by Crippen LogP contribution is -2.22. The van der Waals surface area contributed by atoms with E-state index < -0.39 is 5.97 Å². The molecule has 2 N–H and O–H groups in total. The van der Waals surface area contributed by atoms with Gasteiger partial charge in [-0.3, -0.25) is 9.78 Å². The van der Waals surface area contributed by atoms with Gasteiger partial charge in [-0.2, -0.15) is 0 Å². The quantitative estimate of drug-likeness (QED) is 0.223. The fourth-order valence-electron chi connectivity index (χ4n) is 5.09. The van der Waals surface area contributed by atoms with Crippen LogP contribution in [0.5, 0.6) is 0 Å². The molecule has 5 rings (SSSR count). The Morgan fingerprint density at radius 1 is 0.925 bits per heavy atom. The molecule has 3 aromatic carbocycles. The van der Waals surface area contributed by atoms with Crippen LogP contribution in [0, 0.1) is 13.8 Å². The van der Waals surface area contributed by atoms with Gasteiger partial charge in [0.25, 0.3) is 5.91 Å². The summed E-state index contributed by atoms with van der Waals surface area (Å²) in [7, 11) is 0. The van der Waals surface area contributed by atoms with Gasteiger partial charge in [-0.25, -0.2) is 4.79 Å². The van der Waals surface area contributed by atoms with Crippen LogP contribution in [0.15, 0.2) is 85.1 Å². The number of aromatic carboxylic acids is 1. The summed E-state index contributed by atoms with van der Waals surface area (Å²) in [5.41, 5.74) is 9.01. The summed E-state index contributed by atoms with van der Waals surface area (Å²) in [6.07, 6.45) is 1.79. The van der Waals surface area contributed by atoms with Crippen LogP contribution in [0.25, 0.3) is 22.0 Å². The van der Waals surface area contributed by atoms with Crippen LogP contribution < -0.4 is 5.32 Å². The molecule has 0 aliphatic carbocycles. The van der Waals surface area contributed by atoms with E-state index >= 15 is 0 Å². The second-order valence-corrected chi connectivity index (χ2v) is 10.5. The fourth-order valence-corrected chi connectivity index (χ4v) is 5.09. The molecule has 2 aromatic heterocycles. The van der Waals surface area contributed by atoms with Crippen molar-refractivity contribution in [1.82, 2.24) is 14.9 Å². The number of aryl methyl sites for hydroxylation is 1. The van der Waals surface area contributed by atoms with Gasteiger partial charge < -0.3 is 15.0 Å². The molecule has 0 radical (unpaired) electrons. The van der Waals surface area contributed by atoms with Gasteiger partial charge in [0.15, 0.2) is 0 Å². The van der Waals surface area contributed by atoms with Crippen LogP contribution in [0.1, 0.15) is 68.6 Å². The van der Waals surface area contributed by atoms with Gasteiger partial charge in [-0.15, -0.1) is 0 Å². The Hall–Kier alpha value is -4.71. The lowest BCUT2D eigenvalue weighted by molar-refractivity contribution is 0.0697. The maximum absolute atomic E-state index is 13.0. The molecule has 0 aliphatic heterocycles. The topological polar surface area (TPSA) is 84.2 Å². The SMILES string of the molecule is Cc1c(C)n(Cc2ccc(-c3ccccc3C(=O)O)cc2)c2ccc(C(=O)NCc3ccnc(C(C)C)c3)cc12. The smallest absolute Gasteiger partial charge is 0.336 e. The van der Waals surface area contributed by atoms with Crippen LogP contribution in [0.4, 0.5) is 0 Å². The average Bonchev–Trinajstić information content (AvgIpc) is 3.20. The highest BCUT2D eigenvalue weighted by molar-refractivity contribution is 5.99. The zero-order chi connectivity index (χ0) is 28.4. The van der Waals surface area contributed by atoms with E-state index in [2.05, 4.69) is 42.6 Å². The van der Waals surface area contributed by atoms with Crippen molar-refractivity contribution in [2.45, 2.75) is 46.7 Å². The van der Waals surface area contributed by atoms with Crippen molar-refractivity contribution in [2.75, 3.05) is 0 Å². The minimum absolute atomic E-state index is 0.105. The zero-order valence-electron chi connectivity index (χ0n) is 23.2. The number of nitrogens with zero attached hydrogens (tertiary/aromatic N) is 2. The van der Waals surface area contributed by atoms with Crippen LogP contribution in [-0.2, 0) is 13.1 Å². The number of carboxylic acid groups (broad SMARTS) is 1. The second-order valence-electron chi connectivity index (χ2n) is 10.5. The molecule has 1 amide bonds. The highest BCUT2D eigenvalue weighted by Crippen LogP contribution is 2.29. The number of carboxylic acids is 1. The molecule has 0 unspecified atom stereocenters. The molecule has 0 spiro atoms. The Morgan fingerprint density at radius 3 is 2.40 bits per heavy atom. The van der Waals surface area contributed by atoms with Gasteiger partial charge in [-0.1, -0.05) is 56.3 Å². The molecular formula is C34H33N3O3. The number of carbonyl (C=O) groups is 2. The van der Waals surface area contributed by atoms with Crippen molar-refractivity contribution >= 4 is 22.8 Å². The lowest BCUT2D eigenvalue weighted by atomic mass is 9.99. The summed E-state index contributed by atoms with van der Waals surface area (Å²) >= 11 is 0. The zero-order valence-corrected chi connectivity index (χ0v) is 23.2. The Bertz CT molecular complexity index is 1720. The number of nitrogens with one attached hydrogen (secondary N) is 1. The molecule has 5 aromatic rings. The first-order valence-corrected chi connectivity index (χ1v) is 13.5. The Balaban J connectivity index is 1.35. The number of hydrogen-bond acceptors (Lipinski definition) is 3. The van der Waals surface area contributed by atoms with E-state index in [0.29, 0.717) is 35.7 Å². The van der Waals surface area contributed by atoms with Crippen LogP contribution in [-0.4, -0.2) is 26.5 Å². The van der Waals surface area contributed by atoms with Gasteiger partial charge in [0.2, 0.25) is 0 Å². The molecule has 6 heteroatoms. The van der Waals surface area contributed by atoms with Gasteiger partial charge in [-0.05, 0) is 84.0 Å². The first-order valence-electron chi connectivity index (χ1n) is 13.5. The number of rotatable bonds is 8. The van der Waals surface area contributed by atoms with E-state index in [1.54, 1.807) is 18.3 Å². The fraction of sp³-hybridized carbons (Fsp3) is 0.206. The third-order valence-corrected chi connectivity index (χ3v) is 7.55. The van der Waals surface area contributed by atoms with E-state index in [1.807, 2.05) is 66.7 Å². The summed E-state index contributed by atoms with van der Waals surface area (Å²) in [5, 5.41) is 13.6. The van der Waals surface area contributed by atoms with Gasteiger partial charge in [0.05, 0.1) is 5.56 Å². The van der Waals surface area contributed by atoms with Crippen molar-refractivity contribution < 1.29 is 14.7 Å². The standard InChI is InChI=1S/C34H33N3O3/c1-21(2)31-17-25(15-16-35-31)19-36-33(38)27-13-14-32-30(18-27)22(3)23(4)37(32)20-24-9-11-26(12-10-24)28-7-5-6-8-29(28)34(39)40/h5-18,21H,19-20H2,1-4H3,(H,36,38)(H,39,40). The van der Waals surface area contributed by atoms with Crippen molar-refractivity contribution in [2.24, 2.45) is 0 Å². The third-order valence-electron chi connectivity index (χ3n) is 7.55. The maximum atomic E-state index is 13.0. The molecule has 202 valence electrons. The molecule has 0 saturated carbocycles. The first kappa shape index (κ1) is 26.9. The number of benzene rings is 3. The largest absolute Gasteiger partial charge is 0.478 e. The average molecular weight is 532 g/mol. The summed E-state index contributed by atoms with van der Waals surface area (Å²) < 4.78 is 2.26. The Morgan fingerprint density at radius 2 is 1.68 bits per heavy atom. The summed E-state index contributed by atoms with van der Waals surface area (Å²) in [4.78, 5) is 29.1. The van der Waals surface area contributed by atoms with Crippen LogP contribution >= 0.6 is 0 Å². The summed E-state index contributed by atoms with van der Waals surface area (Å²) in [6, 6.07) is 24.9. The minimum atomic E-state index is -0.935. The Kier molecular flexibility index (Phi) is 7.52. The van der Waals surface area contributed by atoms with E-state index in [4.69, 9.17) is 0 Å². The van der Waals surface area contributed by atoms with E-state index in [1.165, 1.54) is 0 Å². The van der Waals surface area contributed by atoms with Crippen molar-refractivity contribution in [3.8, 4) is 11.1 Å². The van der Waals surface area contributed by atoms with Gasteiger partial charge >= 0.3 is 5.97 Å².